The van der Waals surface area contributed by atoms with Crippen molar-refractivity contribution in [3.63, 3.8) is 0 Å². The van der Waals surface area contributed by atoms with Gasteiger partial charge in [0, 0.05) is 22.7 Å². The molecule has 0 fully saturated rings. The predicted molar refractivity (Wildman–Crippen MR) is 77.9 cm³/mol. The highest BCUT2D eigenvalue weighted by atomic mass is 79.9. The molecule has 1 aromatic carbocycles. The standard InChI is InChI=1S/C13H15BrClN3/c1-3-16-13(12-6-7-18(2)17-12)10-5-4-9(14)8-11(10)15/h4-8,13,16H,3H2,1-2H3. The van der Waals surface area contributed by atoms with E-state index < -0.39 is 0 Å². The predicted octanol–water partition coefficient (Wildman–Crippen LogP) is 3.53. The Hall–Kier alpha value is -0.840. The molecule has 0 spiro atoms. The van der Waals surface area contributed by atoms with Gasteiger partial charge in [0.05, 0.1) is 11.7 Å². The first-order chi connectivity index (χ1) is 8.61. The van der Waals surface area contributed by atoms with Gasteiger partial charge in [-0.05, 0) is 30.3 Å². The molecule has 18 heavy (non-hydrogen) atoms. The third-order valence-electron chi connectivity index (χ3n) is 2.71. The molecule has 0 aliphatic carbocycles. The Kier molecular flexibility index (Phi) is 4.43. The van der Waals surface area contributed by atoms with Crippen LogP contribution in [-0.2, 0) is 7.05 Å². The molecule has 0 aliphatic heterocycles. The Morgan fingerprint density at radius 1 is 1.44 bits per heavy atom. The first kappa shape index (κ1) is 13.6. The molecule has 2 rings (SSSR count). The number of hydrogen-bond donors (Lipinski definition) is 1. The maximum atomic E-state index is 6.31. The fourth-order valence-corrected chi connectivity index (χ4v) is 2.68. The lowest BCUT2D eigenvalue weighted by Crippen LogP contribution is -2.23. The van der Waals surface area contributed by atoms with Crippen molar-refractivity contribution in [1.82, 2.24) is 15.1 Å². The summed E-state index contributed by atoms with van der Waals surface area (Å²) in [7, 11) is 1.91. The van der Waals surface area contributed by atoms with E-state index in [4.69, 9.17) is 11.6 Å². The molecule has 0 aliphatic rings. The molecule has 1 atom stereocenters. The van der Waals surface area contributed by atoms with Gasteiger partial charge in [-0.3, -0.25) is 4.68 Å². The summed E-state index contributed by atoms with van der Waals surface area (Å²) in [6.45, 7) is 2.93. The van der Waals surface area contributed by atoms with Crippen LogP contribution in [0.4, 0.5) is 0 Å². The Balaban J connectivity index is 2.41. The van der Waals surface area contributed by atoms with E-state index in [9.17, 15) is 0 Å². The molecule has 0 bridgehead atoms. The summed E-state index contributed by atoms with van der Waals surface area (Å²) in [5, 5.41) is 8.60. The minimum absolute atomic E-state index is 0.0248. The molecule has 2 aromatic rings. The smallest absolute Gasteiger partial charge is 0.0839 e. The number of nitrogens with one attached hydrogen (secondary N) is 1. The summed E-state index contributed by atoms with van der Waals surface area (Å²) in [4.78, 5) is 0. The topological polar surface area (TPSA) is 29.9 Å². The molecule has 0 saturated carbocycles. The molecule has 0 amide bonds. The van der Waals surface area contributed by atoms with Gasteiger partial charge >= 0.3 is 0 Å². The van der Waals surface area contributed by atoms with Crippen LogP contribution in [0.15, 0.2) is 34.9 Å². The van der Waals surface area contributed by atoms with E-state index >= 15 is 0 Å². The second kappa shape index (κ2) is 5.87. The number of hydrogen-bond acceptors (Lipinski definition) is 2. The van der Waals surface area contributed by atoms with Crippen molar-refractivity contribution in [2.75, 3.05) is 6.54 Å². The molecular formula is C13H15BrClN3. The highest BCUT2D eigenvalue weighted by Gasteiger charge is 2.18. The van der Waals surface area contributed by atoms with Crippen LogP contribution in [0.25, 0.3) is 0 Å². The number of nitrogens with zero attached hydrogens (tertiary/aromatic N) is 2. The molecule has 1 unspecified atom stereocenters. The monoisotopic (exact) mass is 327 g/mol. The summed E-state index contributed by atoms with van der Waals surface area (Å²) < 4.78 is 2.78. The molecular weight excluding hydrogens is 314 g/mol. The van der Waals surface area contributed by atoms with Crippen molar-refractivity contribution < 1.29 is 0 Å². The van der Waals surface area contributed by atoms with Gasteiger partial charge in [-0.25, -0.2) is 0 Å². The Labute approximate surface area is 120 Å². The number of halogens is 2. The zero-order valence-electron chi connectivity index (χ0n) is 10.3. The van der Waals surface area contributed by atoms with Gasteiger partial charge in [-0.2, -0.15) is 5.10 Å². The molecule has 1 heterocycles. The summed E-state index contributed by atoms with van der Waals surface area (Å²) in [5.74, 6) is 0. The molecule has 0 radical (unpaired) electrons. The van der Waals surface area contributed by atoms with Crippen LogP contribution in [0.1, 0.15) is 24.2 Å². The largest absolute Gasteiger partial charge is 0.305 e. The van der Waals surface area contributed by atoms with Crippen LogP contribution < -0.4 is 5.32 Å². The number of aryl methyl sites for hydroxylation is 1. The average Bonchev–Trinajstić information content (AvgIpc) is 2.73. The summed E-state index contributed by atoms with van der Waals surface area (Å²) in [6, 6.07) is 7.95. The van der Waals surface area contributed by atoms with Gasteiger partial charge in [0.1, 0.15) is 0 Å². The van der Waals surface area contributed by atoms with Crippen molar-refractivity contribution >= 4 is 27.5 Å². The number of aromatic nitrogens is 2. The third kappa shape index (κ3) is 2.94. The van der Waals surface area contributed by atoms with Crippen LogP contribution in [0.3, 0.4) is 0 Å². The number of benzene rings is 1. The van der Waals surface area contributed by atoms with Crippen LogP contribution in [-0.4, -0.2) is 16.3 Å². The highest BCUT2D eigenvalue weighted by Crippen LogP contribution is 2.29. The second-order valence-electron chi connectivity index (χ2n) is 4.07. The Bertz CT molecular complexity index is 539. The van der Waals surface area contributed by atoms with E-state index in [1.165, 1.54) is 0 Å². The van der Waals surface area contributed by atoms with Gasteiger partial charge in [0.2, 0.25) is 0 Å². The highest BCUT2D eigenvalue weighted by molar-refractivity contribution is 9.10. The zero-order chi connectivity index (χ0) is 13.1. The van der Waals surface area contributed by atoms with Gasteiger partial charge < -0.3 is 5.32 Å². The van der Waals surface area contributed by atoms with E-state index in [1.54, 1.807) is 4.68 Å². The van der Waals surface area contributed by atoms with Gasteiger partial charge in [0.15, 0.2) is 0 Å². The first-order valence-corrected chi connectivity index (χ1v) is 6.96. The average molecular weight is 329 g/mol. The minimum Gasteiger partial charge on any atom is -0.305 e. The van der Waals surface area contributed by atoms with Gasteiger partial charge in [-0.1, -0.05) is 40.5 Å². The second-order valence-corrected chi connectivity index (χ2v) is 5.39. The molecule has 5 heteroatoms. The quantitative estimate of drug-likeness (QED) is 0.930. The van der Waals surface area contributed by atoms with Crippen molar-refractivity contribution in [3.8, 4) is 0 Å². The lowest BCUT2D eigenvalue weighted by molar-refractivity contribution is 0.600. The van der Waals surface area contributed by atoms with E-state index in [2.05, 4.69) is 33.3 Å². The van der Waals surface area contributed by atoms with Crippen LogP contribution in [0.2, 0.25) is 5.02 Å². The van der Waals surface area contributed by atoms with Crippen molar-refractivity contribution in [1.29, 1.82) is 0 Å². The van der Waals surface area contributed by atoms with Crippen molar-refractivity contribution in [2.24, 2.45) is 7.05 Å². The first-order valence-electron chi connectivity index (χ1n) is 5.79. The Morgan fingerprint density at radius 2 is 2.22 bits per heavy atom. The van der Waals surface area contributed by atoms with E-state index in [0.29, 0.717) is 0 Å². The van der Waals surface area contributed by atoms with E-state index in [1.807, 2.05) is 37.5 Å². The van der Waals surface area contributed by atoms with E-state index in [0.717, 1.165) is 27.3 Å². The van der Waals surface area contributed by atoms with Gasteiger partial charge in [0.25, 0.3) is 0 Å². The van der Waals surface area contributed by atoms with Gasteiger partial charge in [-0.15, -0.1) is 0 Å². The minimum atomic E-state index is 0.0248. The fourth-order valence-electron chi connectivity index (χ4n) is 1.90. The summed E-state index contributed by atoms with van der Waals surface area (Å²) >= 11 is 9.73. The third-order valence-corrected chi connectivity index (χ3v) is 3.53. The summed E-state index contributed by atoms with van der Waals surface area (Å²) in [5.41, 5.74) is 2.02. The summed E-state index contributed by atoms with van der Waals surface area (Å²) in [6.07, 6.45) is 1.94. The molecule has 1 N–H and O–H groups in total. The van der Waals surface area contributed by atoms with E-state index in [-0.39, 0.29) is 6.04 Å². The molecule has 1 aromatic heterocycles. The maximum Gasteiger partial charge on any atom is 0.0839 e. The maximum absolute atomic E-state index is 6.31. The normalized spacial score (nSPS) is 12.7. The lowest BCUT2D eigenvalue weighted by Gasteiger charge is -2.17. The molecule has 3 nitrogen and oxygen atoms in total. The molecule has 96 valence electrons. The Morgan fingerprint density at radius 3 is 2.78 bits per heavy atom. The zero-order valence-corrected chi connectivity index (χ0v) is 12.7. The van der Waals surface area contributed by atoms with Crippen LogP contribution in [0.5, 0.6) is 0 Å². The van der Waals surface area contributed by atoms with Crippen LogP contribution >= 0.6 is 27.5 Å². The number of rotatable bonds is 4. The van der Waals surface area contributed by atoms with Crippen molar-refractivity contribution in [3.05, 3.63) is 51.2 Å². The SMILES string of the molecule is CCNC(c1ccn(C)n1)c1ccc(Br)cc1Cl. The van der Waals surface area contributed by atoms with Crippen LogP contribution in [0, 0.1) is 0 Å². The lowest BCUT2D eigenvalue weighted by atomic mass is 10.0. The van der Waals surface area contributed by atoms with Crippen molar-refractivity contribution in [2.45, 2.75) is 13.0 Å². The fraction of sp³-hybridized carbons (Fsp3) is 0.308. The molecule has 0 saturated heterocycles.